The van der Waals surface area contributed by atoms with Gasteiger partial charge in [-0.15, -0.1) is 0 Å². The molecule has 1 aromatic rings. The van der Waals surface area contributed by atoms with Gasteiger partial charge in [-0.3, -0.25) is 4.79 Å². The van der Waals surface area contributed by atoms with Gasteiger partial charge in [0, 0.05) is 36.9 Å². The molecule has 0 saturated heterocycles. The zero-order valence-electron chi connectivity index (χ0n) is 12.1. The normalized spacial score (nSPS) is 11.2. The Bertz CT molecular complexity index is 603. The van der Waals surface area contributed by atoms with Crippen LogP contribution in [0.15, 0.2) is 23.1 Å². The molecule has 0 aliphatic carbocycles. The molecule has 1 aromatic carbocycles. The van der Waals surface area contributed by atoms with E-state index in [0.29, 0.717) is 24.5 Å². The predicted octanol–water partition coefficient (Wildman–Crippen LogP) is 1.27. The van der Waals surface area contributed by atoms with E-state index in [0.717, 1.165) is 0 Å². The van der Waals surface area contributed by atoms with Crippen molar-refractivity contribution in [2.75, 3.05) is 34.4 Å². The number of benzene rings is 1. The summed E-state index contributed by atoms with van der Waals surface area (Å²) in [6.45, 7) is 0.876. The van der Waals surface area contributed by atoms with Gasteiger partial charge >= 0.3 is 0 Å². The molecular formula is C13H18ClNO5S. The van der Waals surface area contributed by atoms with Gasteiger partial charge in [0.25, 0.3) is 9.05 Å². The zero-order chi connectivity index (χ0) is 16.0. The first-order valence-electron chi connectivity index (χ1n) is 6.14. The van der Waals surface area contributed by atoms with Crippen LogP contribution in [-0.2, 0) is 25.0 Å². The summed E-state index contributed by atoms with van der Waals surface area (Å²) >= 11 is 0. The van der Waals surface area contributed by atoms with Crippen molar-refractivity contribution in [1.82, 2.24) is 4.90 Å². The highest BCUT2D eigenvalue weighted by atomic mass is 35.7. The fourth-order valence-electron chi connectivity index (χ4n) is 1.70. The number of methoxy groups -OCH3 is 2. The monoisotopic (exact) mass is 335 g/mol. The van der Waals surface area contributed by atoms with Gasteiger partial charge in [0.2, 0.25) is 5.91 Å². The summed E-state index contributed by atoms with van der Waals surface area (Å²) < 4.78 is 32.8. The standard InChI is InChI=1S/C13H18ClNO5S/c1-15(6-7-19-2)13(16)9-10-8-11(21(14,17)18)4-5-12(10)20-3/h4-5,8H,6-7,9H2,1-3H3. The number of halogens is 1. The van der Waals surface area contributed by atoms with Crippen molar-refractivity contribution in [1.29, 1.82) is 0 Å². The van der Waals surface area contributed by atoms with Crippen molar-refractivity contribution < 1.29 is 22.7 Å². The minimum atomic E-state index is -3.85. The molecule has 8 heteroatoms. The van der Waals surface area contributed by atoms with Gasteiger partial charge < -0.3 is 14.4 Å². The van der Waals surface area contributed by atoms with Crippen molar-refractivity contribution in [2.24, 2.45) is 0 Å². The van der Waals surface area contributed by atoms with E-state index in [2.05, 4.69) is 0 Å². The van der Waals surface area contributed by atoms with E-state index in [1.165, 1.54) is 30.2 Å². The van der Waals surface area contributed by atoms with Crippen molar-refractivity contribution in [2.45, 2.75) is 11.3 Å². The Morgan fingerprint density at radius 1 is 1.33 bits per heavy atom. The summed E-state index contributed by atoms with van der Waals surface area (Å²) in [5.74, 6) is 0.266. The third kappa shape index (κ3) is 5.18. The second kappa shape index (κ2) is 7.63. The SMILES string of the molecule is COCCN(C)C(=O)Cc1cc(S(=O)(=O)Cl)ccc1OC. The van der Waals surface area contributed by atoms with E-state index in [9.17, 15) is 13.2 Å². The fraction of sp³-hybridized carbons (Fsp3) is 0.462. The van der Waals surface area contributed by atoms with E-state index in [1.54, 1.807) is 14.2 Å². The lowest BCUT2D eigenvalue weighted by molar-refractivity contribution is -0.129. The highest BCUT2D eigenvalue weighted by Gasteiger charge is 2.17. The van der Waals surface area contributed by atoms with Gasteiger partial charge in [-0.25, -0.2) is 8.42 Å². The highest BCUT2D eigenvalue weighted by molar-refractivity contribution is 8.13. The molecule has 118 valence electrons. The molecule has 6 nitrogen and oxygen atoms in total. The highest BCUT2D eigenvalue weighted by Crippen LogP contribution is 2.25. The van der Waals surface area contributed by atoms with Crippen molar-refractivity contribution >= 4 is 25.6 Å². The van der Waals surface area contributed by atoms with Crippen LogP contribution in [0.4, 0.5) is 0 Å². The Morgan fingerprint density at radius 2 is 2.00 bits per heavy atom. The Hall–Kier alpha value is -1.31. The van der Waals surface area contributed by atoms with Gasteiger partial charge in [0.15, 0.2) is 0 Å². The van der Waals surface area contributed by atoms with Crippen LogP contribution < -0.4 is 4.74 Å². The average molecular weight is 336 g/mol. The molecule has 0 bridgehead atoms. The van der Waals surface area contributed by atoms with Crippen LogP contribution in [0.3, 0.4) is 0 Å². The molecule has 0 aromatic heterocycles. The van der Waals surface area contributed by atoms with Crippen molar-refractivity contribution in [3.8, 4) is 5.75 Å². The maximum Gasteiger partial charge on any atom is 0.261 e. The molecule has 0 fully saturated rings. The Labute approximate surface area is 129 Å². The van der Waals surface area contributed by atoms with Crippen molar-refractivity contribution in [3.05, 3.63) is 23.8 Å². The summed E-state index contributed by atoms with van der Waals surface area (Å²) in [6, 6.07) is 4.17. The molecule has 0 heterocycles. The smallest absolute Gasteiger partial charge is 0.261 e. The lowest BCUT2D eigenvalue weighted by atomic mass is 10.1. The summed E-state index contributed by atoms with van der Waals surface area (Å²) in [4.78, 5) is 13.5. The first-order valence-corrected chi connectivity index (χ1v) is 8.45. The number of rotatable bonds is 7. The van der Waals surface area contributed by atoms with Crippen LogP contribution in [0.5, 0.6) is 5.75 Å². The number of carbonyl (C=O) groups is 1. The molecular weight excluding hydrogens is 318 g/mol. The van der Waals surface area contributed by atoms with Crippen LogP contribution in [0, 0.1) is 0 Å². The van der Waals surface area contributed by atoms with Gasteiger partial charge in [-0.2, -0.15) is 0 Å². The average Bonchev–Trinajstić information content (AvgIpc) is 2.43. The number of hydrogen-bond acceptors (Lipinski definition) is 5. The third-order valence-corrected chi connectivity index (χ3v) is 4.28. The molecule has 0 spiro atoms. The minimum Gasteiger partial charge on any atom is -0.496 e. The van der Waals surface area contributed by atoms with Crippen LogP contribution in [0.25, 0.3) is 0 Å². The Morgan fingerprint density at radius 3 is 2.52 bits per heavy atom. The van der Waals surface area contributed by atoms with Crippen LogP contribution in [0.2, 0.25) is 0 Å². The van der Waals surface area contributed by atoms with Crippen LogP contribution in [-0.4, -0.2) is 53.6 Å². The molecule has 1 amide bonds. The third-order valence-electron chi connectivity index (χ3n) is 2.93. The Balaban J connectivity index is 2.98. The maximum absolute atomic E-state index is 12.1. The van der Waals surface area contributed by atoms with Crippen LogP contribution in [0.1, 0.15) is 5.56 Å². The molecule has 0 N–H and O–H groups in total. The van der Waals surface area contributed by atoms with Gasteiger partial charge in [0.05, 0.1) is 25.0 Å². The lowest BCUT2D eigenvalue weighted by Crippen LogP contribution is -2.31. The molecule has 0 atom stereocenters. The van der Waals surface area contributed by atoms with E-state index in [1.807, 2.05) is 0 Å². The summed E-state index contributed by atoms with van der Waals surface area (Å²) in [6.07, 6.45) is 0.0175. The Kier molecular flexibility index (Phi) is 6.44. The van der Waals surface area contributed by atoms with Gasteiger partial charge in [-0.05, 0) is 18.2 Å². The number of likely N-dealkylation sites (N-methyl/N-ethyl adjacent to an activating group) is 1. The molecule has 1 rings (SSSR count). The van der Waals surface area contributed by atoms with Gasteiger partial charge in [0.1, 0.15) is 5.75 Å². The topological polar surface area (TPSA) is 72.9 Å². The summed E-state index contributed by atoms with van der Waals surface area (Å²) in [5, 5.41) is 0. The second-order valence-corrected chi connectivity index (χ2v) is 6.96. The number of nitrogens with zero attached hydrogens (tertiary/aromatic N) is 1. The zero-order valence-corrected chi connectivity index (χ0v) is 13.7. The molecule has 0 radical (unpaired) electrons. The van der Waals surface area contributed by atoms with Gasteiger partial charge in [-0.1, -0.05) is 0 Å². The quantitative estimate of drug-likeness (QED) is 0.702. The fourth-order valence-corrected chi connectivity index (χ4v) is 2.50. The minimum absolute atomic E-state index is 0.0175. The van der Waals surface area contributed by atoms with Crippen LogP contribution >= 0.6 is 10.7 Å². The number of ether oxygens (including phenoxy) is 2. The first-order chi connectivity index (χ1) is 9.79. The lowest BCUT2D eigenvalue weighted by Gasteiger charge is -2.17. The summed E-state index contributed by atoms with van der Waals surface area (Å²) in [7, 11) is 6.12. The molecule has 0 aliphatic rings. The van der Waals surface area contributed by atoms with E-state index in [-0.39, 0.29) is 17.2 Å². The van der Waals surface area contributed by atoms with E-state index >= 15 is 0 Å². The molecule has 0 unspecified atom stereocenters. The molecule has 0 aliphatic heterocycles. The number of hydrogen-bond donors (Lipinski definition) is 0. The predicted molar refractivity (Wildman–Crippen MR) is 79.2 cm³/mol. The largest absolute Gasteiger partial charge is 0.496 e. The van der Waals surface area contributed by atoms with E-state index in [4.69, 9.17) is 20.2 Å². The first kappa shape index (κ1) is 17.7. The molecule has 0 saturated carbocycles. The maximum atomic E-state index is 12.1. The van der Waals surface area contributed by atoms with E-state index < -0.39 is 9.05 Å². The van der Waals surface area contributed by atoms with Crippen molar-refractivity contribution in [3.63, 3.8) is 0 Å². The number of amides is 1. The molecule has 21 heavy (non-hydrogen) atoms. The summed E-state index contributed by atoms with van der Waals surface area (Å²) in [5.41, 5.74) is 0.466. The second-order valence-electron chi connectivity index (χ2n) is 4.40. The number of carbonyl (C=O) groups excluding carboxylic acids is 1.